The van der Waals surface area contributed by atoms with Crippen molar-refractivity contribution >= 4 is 11.9 Å². The molecule has 6 nitrogen and oxygen atoms in total. The zero-order chi connectivity index (χ0) is 17.0. The number of ether oxygens (including phenoxy) is 2. The molecule has 3 fully saturated rings. The van der Waals surface area contributed by atoms with Crippen molar-refractivity contribution in [2.75, 3.05) is 26.4 Å². The zero-order valence-electron chi connectivity index (χ0n) is 14.4. The Bertz CT molecular complexity index is 450. The van der Waals surface area contributed by atoms with E-state index in [0.717, 1.165) is 64.8 Å². The van der Waals surface area contributed by atoms with E-state index in [1.165, 1.54) is 0 Å². The van der Waals surface area contributed by atoms with Crippen LogP contribution in [0.1, 0.15) is 57.8 Å². The minimum Gasteiger partial charge on any atom is -0.481 e. The highest BCUT2D eigenvalue weighted by molar-refractivity contribution is 5.78. The van der Waals surface area contributed by atoms with E-state index in [1.807, 2.05) is 0 Å². The molecule has 3 saturated heterocycles. The van der Waals surface area contributed by atoms with E-state index in [4.69, 9.17) is 14.6 Å². The molecule has 2 atom stereocenters. The first kappa shape index (κ1) is 17.7. The van der Waals surface area contributed by atoms with Crippen LogP contribution in [0.5, 0.6) is 0 Å². The summed E-state index contributed by atoms with van der Waals surface area (Å²) in [6.07, 6.45) is 7.34. The lowest BCUT2D eigenvalue weighted by atomic mass is 9.75. The van der Waals surface area contributed by atoms with E-state index in [1.54, 1.807) is 4.90 Å². The number of nitrogens with zero attached hydrogens (tertiary/aromatic N) is 1. The minimum atomic E-state index is -0.824. The lowest BCUT2D eigenvalue weighted by Crippen LogP contribution is -2.47. The summed E-state index contributed by atoms with van der Waals surface area (Å²) in [5.41, 5.74) is 0.259. The average Bonchev–Trinajstić information content (AvgIpc) is 2.58. The summed E-state index contributed by atoms with van der Waals surface area (Å²) in [6, 6.07) is -0.144. The van der Waals surface area contributed by atoms with Gasteiger partial charge in [-0.3, -0.25) is 9.59 Å². The number of carboxylic acid groups (broad SMARTS) is 1. The third-order valence-corrected chi connectivity index (χ3v) is 5.94. The van der Waals surface area contributed by atoms with E-state index in [2.05, 4.69) is 0 Å². The molecule has 0 aliphatic carbocycles. The average molecular weight is 339 g/mol. The Morgan fingerprint density at radius 3 is 2.54 bits per heavy atom. The summed E-state index contributed by atoms with van der Waals surface area (Å²) in [5.74, 6) is -0.760. The van der Waals surface area contributed by atoms with Crippen LogP contribution in [0.3, 0.4) is 0 Å². The fourth-order valence-electron chi connectivity index (χ4n) is 4.33. The molecule has 0 bridgehead atoms. The van der Waals surface area contributed by atoms with Crippen LogP contribution in [0.25, 0.3) is 0 Å². The second kappa shape index (κ2) is 7.83. The highest BCUT2D eigenvalue weighted by atomic mass is 16.5. The first-order valence-electron chi connectivity index (χ1n) is 9.29. The smallest absolute Gasteiger partial charge is 0.305 e. The maximum atomic E-state index is 12.7. The second-order valence-corrected chi connectivity index (χ2v) is 7.62. The monoisotopic (exact) mass is 339 g/mol. The summed E-state index contributed by atoms with van der Waals surface area (Å²) < 4.78 is 11.5. The van der Waals surface area contributed by atoms with Gasteiger partial charge in [-0.15, -0.1) is 0 Å². The zero-order valence-corrected chi connectivity index (χ0v) is 14.4. The van der Waals surface area contributed by atoms with Crippen LogP contribution in [0.15, 0.2) is 0 Å². The van der Waals surface area contributed by atoms with Crippen LogP contribution >= 0.6 is 0 Å². The maximum Gasteiger partial charge on any atom is 0.305 e. The number of aliphatic carboxylic acids is 1. The van der Waals surface area contributed by atoms with Crippen LogP contribution in [0.2, 0.25) is 0 Å². The van der Waals surface area contributed by atoms with Gasteiger partial charge in [-0.25, -0.2) is 0 Å². The van der Waals surface area contributed by atoms with Crippen molar-refractivity contribution in [3.05, 3.63) is 0 Å². The van der Waals surface area contributed by atoms with Gasteiger partial charge in [0, 0.05) is 25.8 Å². The molecule has 3 heterocycles. The molecule has 3 aliphatic rings. The van der Waals surface area contributed by atoms with Gasteiger partial charge in [0.1, 0.15) is 0 Å². The molecule has 0 aromatic rings. The summed E-state index contributed by atoms with van der Waals surface area (Å²) in [6.45, 7) is 3.05. The van der Waals surface area contributed by atoms with Crippen molar-refractivity contribution < 1.29 is 24.2 Å². The van der Waals surface area contributed by atoms with Crippen LogP contribution in [-0.2, 0) is 19.1 Å². The summed E-state index contributed by atoms with van der Waals surface area (Å²) in [4.78, 5) is 25.5. The molecule has 1 spiro atoms. The Labute approximate surface area is 143 Å². The van der Waals surface area contributed by atoms with Gasteiger partial charge in [0.05, 0.1) is 25.6 Å². The third kappa shape index (κ3) is 4.28. The highest BCUT2D eigenvalue weighted by Crippen LogP contribution is 2.40. The van der Waals surface area contributed by atoms with Gasteiger partial charge >= 0.3 is 5.97 Å². The largest absolute Gasteiger partial charge is 0.481 e. The van der Waals surface area contributed by atoms with E-state index in [9.17, 15) is 9.59 Å². The number of piperidine rings is 1. The fourth-order valence-corrected chi connectivity index (χ4v) is 4.33. The maximum absolute atomic E-state index is 12.7. The van der Waals surface area contributed by atoms with Gasteiger partial charge in [-0.2, -0.15) is 0 Å². The molecular formula is C18H29NO5. The Hall–Kier alpha value is -1.14. The topological polar surface area (TPSA) is 76.1 Å². The van der Waals surface area contributed by atoms with Gasteiger partial charge in [0.25, 0.3) is 0 Å². The number of hydrogen-bond acceptors (Lipinski definition) is 4. The molecule has 0 radical (unpaired) electrons. The molecule has 1 N–H and O–H groups in total. The number of rotatable bonds is 4. The molecule has 2 unspecified atom stereocenters. The number of amides is 1. The van der Waals surface area contributed by atoms with Gasteiger partial charge in [-0.05, 0) is 50.4 Å². The SMILES string of the molecule is O=C(O)CC1CCCCN1C(=O)CC1CCC2(CCOCC2)CO1. The van der Waals surface area contributed by atoms with Gasteiger partial charge in [0.2, 0.25) is 5.91 Å². The van der Waals surface area contributed by atoms with Gasteiger partial charge < -0.3 is 19.5 Å². The quantitative estimate of drug-likeness (QED) is 0.850. The first-order chi connectivity index (χ1) is 11.6. The third-order valence-electron chi connectivity index (χ3n) is 5.94. The predicted molar refractivity (Wildman–Crippen MR) is 87.7 cm³/mol. The van der Waals surface area contributed by atoms with Gasteiger partial charge in [-0.1, -0.05) is 0 Å². The number of hydrogen-bond donors (Lipinski definition) is 1. The number of carboxylic acids is 1. The van der Waals surface area contributed by atoms with Crippen molar-refractivity contribution in [1.82, 2.24) is 4.90 Å². The van der Waals surface area contributed by atoms with E-state index in [0.29, 0.717) is 13.0 Å². The Balaban J connectivity index is 1.50. The molecule has 1 amide bonds. The van der Waals surface area contributed by atoms with E-state index in [-0.39, 0.29) is 29.9 Å². The standard InChI is InChI=1S/C18H29NO5/c20-16(19-8-2-1-3-14(19)11-17(21)22)12-15-4-5-18(13-24-15)6-9-23-10-7-18/h14-15H,1-13H2,(H,21,22). The molecule has 6 heteroatoms. The summed E-state index contributed by atoms with van der Waals surface area (Å²) >= 11 is 0. The van der Waals surface area contributed by atoms with E-state index >= 15 is 0 Å². The van der Waals surface area contributed by atoms with Crippen molar-refractivity contribution in [2.24, 2.45) is 5.41 Å². The first-order valence-corrected chi connectivity index (χ1v) is 9.29. The summed E-state index contributed by atoms with van der Waals surface area (Å²) in [7, 11) is 0. The molecule has 0 aromatic heterocycles. The fraction of sp³-hybridized carbons (Fsp3) is 0.889. The predicted octanol–water partition coefficient (Wildman–Crippen LogP) is 2.21. The number of carbonyl (C=O) groups excluding carboxylic acids is 1. The van der Waals surface area contributed by atoms with Crippen LogP contribution in [0.4, 0.5) is 0 Å². The second-order valence-electron chi connectivity index (χ2n) is 7.62. The molecule has 3 aliphatic heterocycles. The molecule has 24 heavy (non-hydrogen) atoms. The molecule has 0 saturated carbocycles. The highest BCUT2D eigenvalue weighted by Gasteiger charge is 2.39. The van der Waals surface area contributed by atoms with Crippen molar-refractivity contribution in [3.63, 3.8) is 0 Å². The molecule has 136 valence electrons. The van der Waals surface area contributed by atoms with Crippen molar-refractivity contribution in [2.45, 2.75) is 69.9 Å². The van der Waals surface area contributed by atoms with Crippen molar-refractivity contribution in [1.29, 1.82) is 0 Å². The lowest BCUT2D eigenvalue weighted by molar-refractivity contribution is -0.147. The Morgan fingerprint density at radius 2 is 1.88 bits per heavy atom. The molecule has 0 aromatic carbocycles. The summed E-state index contributed by atoms with van der Waals surface area (Å²) in [5, 5.41) is 9.05. The van der Waals surface area contributed by atoms with Crippen molar-refractivity contribution in [3.8, 4) is 0 Å². The lowest BCUT2D eigenvalue weighted by Gasteiger charge is -2.43. The van der Waals surface area contributed by atoms with E-state index < -0.39 is 5.97 Å². The number of carbonyl (C=O) groups is 2. The Kier molecular flexibility index (Phi) is 5.76. The molecule has 3 rings (SSSR count). The minimum absolute atomic E-state index is 0.0154. The Morgan fingerprint density at radius 1 is 1.08 bits per heavy atom. The van der Waals surface area contributed by atoms with Crippen LogP contribution in [0, 0.1) is 5.41 Å². The van der Waals surface area contributed by atoms with Gasteiger partial charge in [0.15, 0.2) is 0 Å². The molecular weight excluding hydrogens is 310 g/mol. The normalized spacial score (nSPS) is 30.2. The van der Waals surface area contributed by atoms with Crippen LogP contribution < -0.4 is 0 Å². The number of likely N-dealkylation sites (tertiary alicyclic amines) is 1. The van der Waals surface area contributed by atoms with Crippen LogP contribution in [-0.4, -0.2) is 60.4 Å².